The zero-order valence-corrected chi connectivity index (χ0v) is 46.7. The van der Waals surface area contributed by atoms with Crippen LogP contribution in [0.5, 0.6) is 0 Å². The van der Waals surface area contributed by atoms with Gasteiger partial charge in [0.2, 0.25) is 0 Å². The van der Waals surface area contributed by atoms with Gasteiger partial charge in [0.15, 0.2) is 6.10 Å². The van der Waals surface area contributed by atoms with Gasteiger partial charge in [0.1, 0.15) is 19.8 Å². The van der Waals surface area contributed by atoms with Crippen molar-refractivity contribution < 1.29 is 42.1 Å². The highest BCUT2D eigenvalue weighted by molar-refractivity contribution is 7.45. The van der Waals surface area contributed by atoms with Gasteiger partial charge in [0.25, 0.3) is 7.82 Å². The van der Waals surface area contributed by atoms with Crippen LogP contribution in [0.25, 0.3) is 0 Å². The molecule has 0 amide bonds. The summed E-state index contributed by atoms with van der Waals surface area (Å²) in [5.41, 5.74) is 0. The van der Waals surface area contributed by atoms with Gasteiger partial charge >= 0.3 is 11.9 Å². The van der Waals surface area contributed by atoms with Crippen LogP contribution in [0.4, 0.5) is 0 Å². The maximum Gasteiger partial charge on any atom is 0.306 e. The van der Waals surface area contributed by atoms with Crippen molar-refractivity contribution in [3.63, 3.8) is 0 Å². The van der Waals surface area contributed by atoms with E-state index in [1.165, 1.54) is 25.7 Å². The zero-order valence-electron chi connectivity index (χ0n) is 45.8. The number of hydrogen-bond donors (Lipinski definition) is 0. The molecule has 2 atom stereocenters. The second kappa shape index (κ2) is 51.8. The van der Waals surface area contributed by atoms with E-state index in [9.17, 15) is 19.0 Å². The third-order valence-corrected chi connectivity index (χ3v) is 11.8. The molecule has 0 fully saturated rings. The lowest BCUT2D eigenvalue weighted by Crippen LogP contribution is -2.37. The van der Waals surface area contributed by atoms with Gasteiger partial charge in [0, 0.05) is 12.8 Å². The SMILES string of the molecule is CC/C=C\C/C=C\C/C=C\C/C=C\C/C=C\C/C=C\C/C=C\C/C=C\C/C=C\C/C=C\CCCCC(=O)OC(COC(=O)CCCCCCC/C=C\C/C=C\CCCCC)COP(=O)([O-])OCC[N+](C)(C)C. The smallest absolute Gasteiger partial charge is 0.306 e. The van der Waals surface area contributed by atoms with Crippen LogP contribution in [0.1, 0.15) is 181 Å². The van der Waals surface area contributed by atoms with Crippen LogP contribution in [0.3, 0.4) is 0 Å². The minimum Gasteiger partial charge on any atom is -0.756 e. The first-order valence-corrected chi connectivity index (χ1v) is 29.0. The molecule has 72 heavy (non-hydrogen) atoms. The number of likely N-dealkylation sites (N-methyl/N-ethyl adjacent to an activating group) is 1. The fourth-order valence-electron chi connectivity index (χ4n) is 6.59. The van der Waals surface area contributed by atoms with E-state index in [0.717, 1.165) is 116 Å². The van der Waals surface area contributed by atoms with E-state index in [-0.39, 0.29) is 26.1 Å². The highest BCUT2D eigenvalue weighted by atomic mass is 31.2. The molecule has 0 aromatic rings. The molecule has 9 nitrogen and oxygen atoms in total. The lowest BCUT2D eigenvalue weighted by atomic mass is 10.1. The van der Waals surface area contributed by atoms with Gasteiger partial charge in [-0.25, -0.2) is 0 Å². The molecule has 0 aliphatic carbocycles. The van der Waals surface area contributed by atoms with Crippen molar-refractivity contribution in [2.45, 2.75) is 187 Å². The number of phosphoric acid groups is 1. The molecular weight excluding hydrogens is 918 g/mol. The van der Waals surface area contributed by atoms with Gasteiger partial charge in [-0.15, -0.1) is 0 Å². The number of ether oxygens (including phenoxy) is 2. The third kappa shape index (κ3) is 55.2. The second-order valence-electron chi connectivity index (χ2n) is 18.9. The van der Waals surface area contributed by atoms with E-state index in [2.05, 4.69) is 160 Å². The van der Waals surface area contributed by atoms with E-state index >= 15 is 0 Å². The second-order valence-corrected chi connectivity index (χ2v) is 20.3. The molecule has 406 valence electrons. The lowest BCUT2D eigenvalue weighted by Gasteiger charge is -2.28. The summed E-state index contributed by atoms with van der Waals surface area (Å²) in [6, 6.07) is 0. The molecule has 10 heteroatoms. The molecule has 0 N–H and O–H groups in total. The molecule has 0 aliphatic rings. The van der Waals surface area contributed by atoms with Gasteiger partial charge in [-0.05, 0) is 122 Å². The molecule has 0 aromatic heterocycles. The van der Waals surface area contributed by atoms with Crippen molar-refractivity contribution >= 4 is 19.8 Å². The van der Waals surface area contributed by atoms with Crippen molar-refractivity contribution in [3.05, 3.63) is 146 Å². The molecule has 0 radical (unpaired) electrons. The minimum atomic E-state index is -4.66. The topological polar surface area (TPSA) is 111 Å². The number of quaternary nitrogens is 1. The molecule has 0 saturated heterocycles. The summed E-state index contributed by atoms with van der Waals surface area (Å²) in [6.07, 6.45) is 76.1. The molecule has 2 unspecified atom stereocenters. The van der Waals surface area contributed by atoms with Gasteiger partial charge < -0.3 is 27.9 Å². The highest BCUT2D eigenvalue weighted by Crippen LogP contribution is 2.38. The van der Waals surface area contributed by atoms with E-state index in [1.54, 1.807) is 0 Å². The summed E-state index contributed by atoms with van der Waals surface area (Å²) in [5.74, 6) is -0.916. The third-order valence-electron chi connectivity index (χ3n) is 10.8. The van der Waals surface area contributed by atoms with Gasteiger partial charge in [-0.2, -0.15) is 0 Å². The number of carbonyl (C=O) groups is 2. The maximum absolute atomic E-state index is 12.8. The summed E-state index contributed by atoms with van der Waals surface area (Å²) in [7, 11) is 1.10. The van der Waals surface area contributed by atoms with Gasteiger partial charge in [-0.3, -0.25) is 14.2 Å². The number of carbonyl (C=O) groups excluding carboxylic acids is 2. The Kier molecular flexibility index (Phi) is 48.8. The number of nitrogens with zero attached hydrogens (tertiary/aromatic N) is 1. The first-order chi connectivity index (χ1) is 35.0. The maximum atomic E-state index is 12.8. The fraction of sp³-hybridized carbons (Fsp3) is 0.581. The number of esters is 2. The molecule has 0 heterocycles. The highest BCUT2D eigenvalue weighted by Gasteiger charge is 2.21. The van der Waals surface area contributed by atoms with Crippen molar-refractivity contribution in [3.8, 4) is 0 Å². The first-order valence-electron chi connectivity index (χ1n) is 27.5. The fourth-order valence-corrected chi connectivity index (χ4v) is 7.32. The molecular formula is C62H100NO8P. The summed E-state index contributed by atoms with van der Waals surface area (Å²) < 4.78 is 34.0. The minimum absolute atomic E-state index is 0.0505. The molecule has 0 bridgehead atoms. The number of allylic oxidation sites excluding steroid dienone is 24. The standard InChI is InChI=1S/C62H100NO8P/c1-6-8-10-12-14-16-18-20-22-23-24-25-26-27-28-29-30-31-32-33-34-35-36-37-38-39-41-43-45-47-49-51-53-55-62(65)71-60(59-70-72(66,67)69-57-56-63(3,4)5)58-68-61(64)54-52-50-48-46-44-42-40-21-19-17-15-13-11-9-7-2/h8,10,14-17,20-22,24-25,27-28,30-31,33-34,36-37,39-41,45,47,60H,6-7,9,11-13,18-19,23,26,29,32,35,38,42-44,46,48-59H2,1-5H3/b10-8-,16-14-,17-15-,22-20-,25-24-,28-27-,31-30-,34-33-,37-36-,40-21-,41-39-,47-45-. The van der Waals surface area contributed by atoms with Gasteiger partial charge in [-0.1, -0.05) is 192 Å². The van der Waals surface area contributed by atoms with Crippen molar-refractivity contribution in [2.24, 2.45) is 0 Å². The normalized spacial score (nSPS) is 14.5. The molecule has 0 spiro atoms. The summed E-state index contributed by atoms with van der Waals surface area (Å²) >= 11 is 0. The number of rotatable bonds is 48. The number of unbranched alkanes of at least 4 members (excludes halogenated alkanes) is 10. The van der Waals surface area contributed by atoms with Crippen LogP contribution in [0, 0.1) is 0 Å². The van der Waals surface area contributed by atoms with Crippen molar-refractivity contribution in [2.75, 3.05) is 47.5 Å². The quantitative estimate of drug-likeness (QED) is 0.0195. The van der Waals surface area contributed by atoms with Crippen LogP contribution in [-0.2, 0) is 32.7 Å². The van der Waals surface area contributed by atoms with Crippen molar-refractivity contribution in [1.82, 2.24) is 0 Å². The predicted molar refractivity (Wildman–Crippen MR) is 304 cm³/mol. The van der Waals surface area contributed by atoms with Crippen molar-refractivity contribution in [1.29, 1.82) is 0 Å². The Morgan fingerprint density at radius 1 is 0.444 bits per heavy atom. The predicted octanol–water partition coefficient (Wildman–Crippen LogP) is 16.5. The Morgan fingerprint density at radius 2 is 0.792 bits per heavy atom. The summed E-state index contributed by atoms with van der Waals surface area (Å²) in [6.45, 7) is 3.99. The van der Waals surface area contributed by atoms with Crippen LogP contribution in [0.2, 0.25) is 0 Å². The monoisotopic (exact) mass is 1020 g/mol. The summed E-state index contributed by atoms with van der Waals surface area (Å²) in [4.78, 5) is 37.7. The Balaban J connectivity index is 4.33. The average molecular weight is 1020 g/mol. The molecule has 0 aromatic carbocycles. The average Bonchev–Trinajstić information content (AvgIpc) is 3.34. The molecule has 0 aliphatic heterocycles. The first kappa shape index (κ1) is 67.9. The van der Waals surface area contributed by atoms with E-state index < -0.39 is 32.5 Å². The Morgan fingerprint density at radius 3 is 1.21 bits per heavy atom. The van der Waals surface area contributed by atoms with E-state index in [0.29, 0.717) is 23.9 Å². The Labute approximate surface area is 440 Å². The Bertz CT molecular complexity index is 1720. The van der Waals surface area contributed by atoms with Gasteiger partial charge in [0.05, 0.1) is 27.7 Å². The zero-order chi connectivity index (χ0) is 52.7. The number of hydrogen-bond acceptors (Lipinski definition) is 8. The van der Waals surface area contributed by atoms with E-state index in [1.807, 2.05) is 21.1 Å². The van der Waals surface area contributed by atoms with Crippen LogP contribution in [-0.4, -0.2) is 70.0 Å². The van der Waals surface area contributed by atoms with Crippen LogP contribution < -0.4 is 4.89 Å². The lowest BCUT2D eigenvalue weighted by molar-refractivity contribution is -0.870. The van der Waals surface area contributed by atoms with Crippen LogP contribution in [0.15, 0.2) is 146 Å². The molecule has 0 rings (SSSR count). The Hall–Kier alpha value is -4.11. The summed E-state index contributed by atoms with van der Waals surface area (Å²) in [5, 5.41) is 0. The molecule has 0 saturated carbocycles. The van der Waals surface area contributed by atoms with Crippen LogP contribution >= 0.6 is 7.82 Å². The largest absolute Gasteiger partial charge is 0.756 e. The number of phosphoric ester groups is 1. The van der Waals surface area contributed by atoms with E-state index in [4.69, 9.17) is 18.5 Å².